The van der Waals surface area contributed by atoms with Gasteiger partial charge in [0.2, 0.25) is 0 Å². The minimum Gasteiger partial charge on any atom is -0.456 e. The van der Waals surface area contributed by atoms with Gasteiger partial charge in [-0.25, -0.2) is 15.0 Å². The van der Waals surface area contributed by atoms with Gasteiger partial charge < -0.3 is 4.42 Å². The zero-order chi connectivity index (χ0) is 39.3. The third kappa shape index (κ3) is 4.87. The molecule has 0 aliphatic heterocycles. The van der Waals surface area contributed by atoms with E-state index < -0.39 is 0 Å². The molecule has 10 rings (SSSR count). The minimum atomic E-state index is -0.332. The lowest BCUT2D eigenvalue weighted by Gasteiger charge is -2.13. The van der Waals surface area contributed by atoms with Crippen LogP contribution in [0.3, 0.4) is 0 Å². The van der Waals surface area contributed by atoms with Crippen LogP contribution in [0.25, 0.3) is 99.5 Å². The Morgan fingerprint density at radius 1 is 0.451 bits per heavy atom. The highest BCUT2D eigenvalue weighted by molar-refractivity contribution is 6.25. The van der Waals surface area contributed by atoms with Crippen molar-refractivity contribution in [2.75, 3.05) is 0 Å². The normalized spacial score (nSPS) is 13.4. The Balaban J connectivity index is 1.27. The van der Waals surface area contributed by atoms with Gasteiger partial charge in [-0.1, -0.05) is 126 Å². The highest BCUT2D eigenvalue weighted by atomic mass is 16.3. The van der Waals surface area contributed by atoms with E-state index in [2.05, 4.69) is 48.5 Å². The molecule has 0 unspecified atom stereocenters. The second kappa shape index (κ2) is 11.5. The molecule has 10 aromatic rings. The van der Waals surface area contributed by atoms with Gasteiger partial charge in [-0.15, -0.1) is 0 Å². The molecule has 0 saturated carbocycles. The summed E-state index contributed by atoms with van der Waals surface area (Å²) in [5, 5.41) is 7.01. The van der Waals surface area contributed by atoms with Gasteiger partial charge in [-0.3, -0.25) is 0 Å². The molecule has 2 aromatic heterocycles. The van der Waals surface area contributed by atoms with Crippen LogP contribution in [-0.2, 0) is 0 Å². The number of fused-ring (bicyclic) bond motifs is 9. The molecule has 0 amide bonds. The van der Waals surface area contributed by atoms with E-state index in [4.69, 9.17) is 23.5 Å². The molecule has 0 fully saturated rings. The van der Waals surface area contributed by atoms with Gasteiger partial charge >= 0.3 is 0 Å². The van der Waals surface area contributed by atoms with Gasteiger partial charge in [-0.05, 0) is 93.6 Å². The number of aromatic nitrogens is 3. The van der Waals surface area contributed by atoms with Crippen molar-refractivity contribution in [3.05, 3.63) is 163 Å². The second-order valence-corrected chi connectivity index (χ2v) is 12.9. The van der Waals surface area contributed by atoms with Crippen LogP contribution in [0.2, 0.25) is 0 Å². The van der Waals surface area contributed by atoms with Crippen LogP contribution in [0.15, 0.2) is 156 Å². The summed E-state index contributed by atoms with van der Waals surface area (Å²) in [4.78, 5) is 14.8. The second-order valence-electron chi connectivity index (χ2n) is 12.9. The van der Waals surface area contributed by atoms with Crippen LogP contribution in [0.4, 0.5) is 0 Å². The lowest BCUT2D eigenvalue weighted by atomic mass is 9.93. The predicted octanol–water partition coefficient (Wildman–Crippen LogP) is 12.5. The third-order valence-electron chi connectivity index (χ3n) is 9.48. The summed E-state index contributed by atoms with van der Waals surface area (Å²) in [5.41, 5.74) is 4.29. The summed E-state index contributed by atoms with van der Waals surface area (Å²) in [6.07, 6.45) is 0. The van der Waals surface area contributed by atoms with E-state index in [1.54, 1.807) is 24.3 Å². The van der Waals surface area contributed by atoms with Crippen LogP contribution in [0.5, 0.6) is 0 Å². The van der Waals surface area contributed by atoms with Crippen molar-refractivity contribution >= 4 is 54.3 Å². The number of benzene rings is 8. The van der Waals surface area contributed by atoms with Gasteiger partial charge in [0.1, 0.15) is 11.2 Å². The first kappa shape index (κ1) is 23.7. The Hall–Kier alpha value is -6.65. The minimum absolute atomic E-state index is 0.0217. The molecule has 51 heavy (non-hydrogen) atoms. The Bertz CT molecular complexity index is 3290. The highest BCUT2D eigenvalue weighted by Gasteiger charge is 2.18. The first-order chi connectivity index (χ1) is 27.6. The van der Waals surface area contributed by atoms with Crippen molar-refractivity contribution in [1.29, 1.82) is 0 Å². The first-order valence-electron chi connectivity index (χ1n) is 19.8. The van der Waals surface area contributed by atoms with E-state index >= 15 is 0 Å². The molecular formula is C47H31N3O. The predicted molar refractivity (Wildman–Crippen MR) is 211 cm³/mol. The van der Waals surface area contributed by atoms with E-state index in [-0.39, 0.29) is 69.6 Å². The number of furan rings is 1. The molecule has 0 N–H and O–H groups in total. The van der Waals surface area contributed by atoms with Gasteiger partial charge in [-0.2, -0.15) is 0 Å². The molecular weight excluding hydrogens is 623 g/mol. The maximum absolute atomic E-state index is 9.54. The summed E-state index contributed by atoms with van der Waals surface area (Å²) in [6.45, 7) is 4.00. The summed E-state index contributed by atoms with van der Waals surface area (Å²) in [6, 6.07) is 36.2. The van der Waals surface area contributed by atoms with Crippen LogP contribution < -0.4 is 0 Å². The fraction of sp³-hybridized carbons (Fsp3) is 0.0426. The Kier molecular flexibility index (Phi) is 5.32. The third-order valence-corrected chi connectivity index (χ3v) is 9.48. The SMILES string of the molecule is [2H]c1c([2H])c(-c2ccccc2)c2c(oc3c([2H])c(-c4nc(-c5cc(C)cc(C)c5)nc(-c5ccc6c7ccccc7c7ccccc7c6c5)n4)c([2H])c([2H])c32)c1[2H]. The molecule has 0 bridgehead atoms. The van der Waals surface area contributed by atoms with Crippen LogP contribution in [-0.4, -0.2) is 15.0 Å². The molecule has 4 heteroatoms. The topological polar surface area (TPSA) is 51.8 Å². The summed E-state index contributed by atoms with van der Waals surface area (Å²) < 4.78 is 60.8. The van der Waals surface area contributed by atoms with Crippen LogP contribution in [0.1, 0.15) is 19.4 Å². The van der Waals surface area contributed by atoms with Crippen molar-refractivity contribution in [3.63, 3.8) is 0 Å². The monoisotopic (exact) mass is 659 g/mol. The van der Waals surface area contributed by atoms with Crippen molar-refractivity contribution < 1.29 is 12.6 Å². The summed E-state index contributed by atoms with van der Waals surface area (Å²) in [5.74, 6) is 0.707. The molecule has 2 heterocycles. The van der Waals surface area contributed by atoms with E-state index in [0.717, 1.165) is 49.0 Å². The average Bonchev–Trinajstić information content (AvgIpc) is 3.63. The summed E-state index contributed by atoms with van der Waals surface area (Å²) >= 11 is 0. The van der Waals surface area contributed by atoms with Crippen LogP contribution >= 0.6 is 0 Å². The summed E-state index contributed by atoms with van der Waals surface area (Å²) in [7, 11) is 0. The number of hydrogen-bond donors (Lipinski definition) is 0. The smallest absolute Gasteiger partial charge is 0.164 e. The molecule has 4 nitrogen and oxygen atoms in total. The molecule has 8 aromatic carbocycles. The van der Waals surface area contributed by atoms with E-state index in [1.165, 1.54) is 0 Å². The fourth-order valence-corrected chi connectivity index (χ4v) is 7.28. The largest absolute Gasteiger partial charge is 0.456 e. The number of aryl methyl sites for hydroxylation is 2. The van der Waals surface area contributed by atoms with Crippen molar-refractivity contribution in [2.24, 2.45) is 0 Å². The Morgan fingerprint density at radius 2 is 1.04 bits per heavy atom. The fourth-order valence-electron chi connectivity index (χ4n) is 7.28. The molecule has 0 spiro atoms. The van der Waals surface area contributed by atoms with Crippen molar-refractivity contribution in [2.45, 2.75) is 13.8 Å². The van der Waals surface area contributed by atoms with Crippen LogP contribution in [0, 0.1) is 13.8 Å². The van der Waals surface area contributed by atoms with Gasteiger partial charge in [0, 0.05) is 27.5 Å². The number of nitrogens with zero attached hydrogens (tertiary/aromatic N) is 3. The standard InChI is InChI=1S/C47H31N3O/c1-28-23-29(2)25-33(24-28)47-49-45(31-19-21-39-37-15-7-6-13-35(37)36-14-8-9-16-38(36)41(39)26-31)48-46(50-47)32-20-22-40-43(27-32)51-42-18-10-17-34(44(40)42)30-11-4-3-5-12-30/h3-27H,1-2H3/i10D,17D,18D,20D,22D,27D. The first-order valence-corrected chi connectivity index (χ1v) is 16.8. The molecule has 0 radical (unpaired) electrons. The number of rotatable bonds is 4. The van der Waals surface area contributed by atoms with E-state index in [0.29, 0.717) is 28.3 Å². The molecule has 0 saturated heterocycles. The lowest BCUT2D eigenvalue weighted by molar-refractivity contribution is 0.669. The van der Waals surface area contributed by atoms with Crippen molar-refractivity contribution in [3.8, 4) is 45.3 Å². The Morgan fingerprint density at radius 3 is 1.73 bits per heavy atom. The van der Waals surface area contributed by atoms with E-state index in [1.807, 2.05) is 56.3 Å². The number of hydrogen-bond acceptors (Lipinski definition) is 4. The van der Waals surface area contributed by atoms with Gasteiger partial charge in [0.15, 0.2) is 17.5 Å². The zero-order valence-corrected chi connectivity index (χ0v) is 27.7. The molecule has 0 aliphatic rings. The quantitative estimate of drug-likeness (QED) is 0.176. The maximum Gasteiger partial charge on any atom is 0.164 e. The average molecular weight is 660 g/mol. The maximum atomic E-state index is 9.54. The molecule has 240 valence electrons. The molecule has 0 aliphatic carbocycles. The zero-order valence-electron chi connectivity index (χ0n) is 33.7. The van der Waals surface area contributed by atoms with E-state index in [9.17, 15) is 4.11 Å². The lowest BCUT2D eigenvalue weighted by Crippen LogP contribution is -2.00. The molecule has 0 atom stereocenters. The highest BCUT2D eigenvalue weighted by Crippen LogP contribution is 2.39. The Labute approximate surface area is 303 Å². The van der Waals surface area contributed by atoms with Gasteiger partial charge in [0.05, 0.1) is 8.22 Å². The van der Waals surface area contributed by atoms with Gasteiger partial charge in [0.25, 0.3) is 0 Å². The van der Waals surface area contributed by atoms with Crippen molar-refractivity contribution in [1.82, 2.24) is 15.0 Å².